The number of carbonyl (C=O) groups is 1. The zero-order valence-electron chi connectivity index (χ0n) is 13.5. The molecule has 0 spiro atoms. The van der Waals surface area contributed by atoms with Gasteiger partial charge in [-0.3, -0.25) is 9.69 Å². The normalized spacial score (nSPS) is 21.5. The molecule has 1 aliphatic heterocycles. The van der Waals surface area contributed by atoms with Gasteiger partial charge in [-0.05, 0) is 26.9 Å². The van der Waals surface area contributed by atoms with E-state index >= 15 is 0 Å². The Kier molecular flexibility index (Phi) is 6.04. The van der Waals surface area contributed by atoms with Gasteiger partial charge >= 0.3 is 0 Å². The largest absolute Gasteiger partial charge is 0.414 e. The highest BCUT2D eigenvalue weighted by Gasteiger charge is 2.29. The number of nitrogens with one attached hydrogen (secondary N) is 1. The molecule has 0 unspecified atom stereocenters. The van der Waals surface area contributed by atoms with Gasteiger partial charge in [-0.15, -0.1) is 10.2 Å². The Labute approximate surface area is 140 Å². The lowest BCUT2D eigenvalue weighted by molar-refractivity contribution is -0.119. The summed E-state index contributed by atoms with van der Waals surface area (Å²) in [4.78, 5) is 13.9. The Morgan fingerprint density at radius 3 is 2.78 bits per heavy atom. The van der Waals surface area contributed by atoms with Crippen molar-refractivity contribution in [2.24, 2.45) is 0 Å². The summed E-state index contributed by atoms with van der Waals surface area (Å²) in [6.45, 7) is 2.03. The second kappa shape index (κ2) is 7.63. The molecule has 0 aromatic carbocycles. The van der Waals surface area contributed by atoms with Crippen molar-refractivity contribution in [3.8, 4) is 0 Å². The molecule has 8 nitrogen and oxygen atoms in total. The third-order valence-corrected chi connectivity index (χ3v) is 6.23. The van der Waals surface area contributed by atoms with Crippen LogP contribution in [0.2, 0.25) is 0 Å². The fourth-order valence-electron chi connectivity index (χ4n) is 2.48. The average Bonchev–Trinajstić information content (AvgIpc) is 3.04. The Morgan fingerprint density at radius 2 is 2.22 bits per heavy atom. The molecule has 1 fully saturated rings. The van der Waals surface area contributed by atoms with E-state index in [1.54, 1.807) is 0 Å². The van der Waals surface area contributed by atoms with E-state index in [2.05, 4.69) is 15.5 Å². The highest BCUT2D eigenvalue weighted by Crippen LogP contribution is 2.24. The third kappa shape index (κ3) is 5.18. The monoisotopic (exact) mass is 362 g/mol. The number of sulfone groups is 1. The van der Waals surface area contributed by atoms with Crippen LogP contribution in [0.25, 0.3) is 0 Å². The number of nitrogens with zero attached hydrogens (tertiary/aromatic N) is 3. The van der Waals surface area contributed by atoms with Crippen molar-refractivity contribution in [2.45, 2.75) is 37.1 Å². The number of thioether (sulfide) groups is 1. The van der Waals surface area contributed by atoms with Gasteiger partial charge < -0.3 is 9.73 Å². The Morgan fingerprint density at radius 1 is 1.48 bits per heavy atom. The zero-order chi connectivity index (χ0) is 17.0. The maximum atomic E-state index is 11.9. The minimum atomic E-state index is -2.99. The summed E-state index contributed by atoms with van der Waals surface area (Å²) < 4.78 is 28.3. The van der Waals surface area contributed by atoms with Crippen LogP contribution in [0, 0.1) is 0 Å². The zero-order valence-corrected chi connectivity index (χ0v) is 15.1. The number of hydrogen-bond donors (Lipinski definition) is 1. The van der Waals surface area contributed by atoms with Gasteiger partial charge in [-0.1, -0.05) is 18.7 Å². The van der Waals surface area contributed by atoms with Gasteiger partial charge in [-0.2, -0.15) is 0 Å². The van der Waals surface area contributed by atoms with E-state index in [4.69, 9.17) is 4.42 Å². The van der Waals surface area contributed by atoms with Crippen molar-refractivity contribution < 1.29 is 17.6 Å². The maximum absolute atomic E-state index is 11.9. The van der Waals surface area contributed by atoms with Gasteiger partial charge in [0, 0.05) is 6.04 Å². The van der Waals surface area contributed by atoms with Crippen LogP contribution in [-0.4, -0.2) is 66.8 Å². The Balaban J connectivity index is 1.82. The first-order valence-corrected chi connectivity index (χ1v) is 10.2. The standard InChI is InChI=1S/C13H22N4O4S2/c1-4-10(17(2)3)12-15-16-13(21-12)22-7-11(18)14-9-5-6-23(19,20)8-9/h9-10H,4-8H2,1-3H3,(H,14,18)/t9-,10-/m1/s1. The van der Waals surface area contributed by atoms with E-state index in [0.29, 0.717) is 17.5 Å². The van der Waals surface area contributed by atoms with Gasteiger partial charge in [0.05, 0.1) is 23.3 Å². The van der Waals surface area contributed by atoms with E-state index in [9.17, 15) is 13.2 Å². The second-order valence-electron chi connectivity index (χ2n) is 5.75. The average molecular weight is 362 g/mol. The van der Waals surface area contributed by atoms with E-state index < -0.39 is 9.84 Å². The molecule has 2 rings (SSSR count). The Bertz CT molecular complexity index is 644. The van der Waals surface area contributed by atoms with Gasteiger partial charge in [0.15, 0.2) is 9.84 Å². The van der Waals surface area contributed by atoms with Crippen LogP contribution in [0.15, 0.2) is 9.64 Å². The van der Waals surface area contributed by atoms with Crippen LogP contribution >= 0.6 is 11.8 Å². The van der Waals surface area contributed by atoms with Crippen molar-refractivity contribution in [1.29, 1.82) is 0 Å². The van der Waals surface area contributed by atoms with E-state index in [0.717, 1.165) is 18.2 Å². The van der Waals surface area contributed by atoms with Crippen LogP contribution in [-0.2, 0) is 14.6 Å². The first kappa shape index (κ1) is 18.2. The smallest absolute Gasteiger partial charge is 0.277 e. The summed E-state index contributed by atoms with van der Waals surface area (Å²) in [5, 5.41) is 11.0. The summed E-state index contributed by atoms with van der Waals surface area (Å²) in [7, 11) is 0.885. The molecule has 23 heavy (non-hydrogen) atoms. The fraction of sp³-hybridized carbons (Fsp3) is 0.769. The lowest BCUT2D eigenvalue weighted by atomic mass is 10.2. The first-order valence-electron chi connectivity index (χ1n) is 7.43. The molecule has 1 aliphatic rings. The minimum Gasteiger partial charge on any atom is -0.414 e. The summed E-state index contributed by atoms with van der Waals surface area (Å²) in [5.41, 5.74) is 0. The molecule has 0 saturated carbocycles. The Hall–Kier alpha value is -1.13. The molecule has 1 aromatic rings. The molecule has 1 saturated heterocycles. The predicted octanol–water partition coefficient (Wildman–Crippen LogP) is 0.478. The lowest BCUT2D eigenvalue weighted by Gasteiger charge is -2.18. The van der Waals surface area contributed by atoms with E-state index in [1.807, 2.05) is 25.9 Å². The molecule has 1 aromatic heterocycles. The van der Waals surface area contributed by atoms with Crippen LogP contribution in [0.5, 0.6) is 0 Å². The highest BCUT2D eigenvalue weighted by molar-refractivity contribution is 7.99. The molecular formula is C13H22N4O4S2. The molecule has 0 bridgehead atoms. The van der Waals surface area contributed by atoms with Crippen molar-refractivity contribution >= 4 is 27.5 Å². The summed E-state index contributed by atoms with van der Waals surface area (Å²) in [6, 6.07) is -0.237. The molecule has 0 radical (unpaired) electrons. The van der Waals surface area contributed by atoms with Gasteiger partial charge in [0.1, 0.15) is 0 Å². The van der Waals surface area contributed by atoms with Crippen molar-refractivity contribution in [2.75, 3.05) is 31.4 Å². The number of amides is 1. The molecule has 1 N–H and O–H groups in total. The van der Waals surface area contributed by atoms with Gasteiger partial charge in [0.2, 0.25) is 11.8 Å². The molecule has 10 heteroatoms. The topological polar surface area (TPSA) is 105 Å². The first-order chi connectivity index (χ1) is 10.8. The van der Waals surface area contributed by atoms with Crippen LogP contribution in [0.4, 0.5) is 0 Å². The van der Waals surface area contributed by atoms with Crippen LogP contribution in [0.3, 0.4) is 0 Å². The molecule has 0 aliphatic carbocycles. The predicted molar refractivity (Wildman–Crippen MR) is 86.9 cm³/mol. The third-order valence-electron chi connectivity index (χ3n) is 3.64. The van der Waals surface area contributed by atoms with E-state index in [-0.39, 0.29) is 35.2 Å². The SMILES string of the molecule is CC[C@H](c1nnc(SCC(=O)N[C@@H]2CCS(=O)(=O)C2)o1)N(C)C. The maximum Gasteiger partial charge on any atom is 0.277 e. The molecule has 130 valence electrons. The van der Waals surface area contributed by atoms with Crippen molar-refractivity contribution in [3.05, 3.63) is 5.89 Å². The van der Waals surface area contributed by atoms with Crippen LogP contribution in [0.1, 0.15) is 31.7 Å². The fourth-order valence-corrected chi connectivity index (χ4v) is 4.73. The quantitative estimate of drug-likeness (QED) is 0.698. The van der Waals surface area contributed by atoms with E-state index in [1.165, 1.54) is 0 Å². The second-order valence-corrected chi connectivity index (χ2v) is 8.91. The molecular weight excluding hydrogens is 340 g/mol. The summed E-state index contributed by atoms with van der Waals surface area (Å²) in [5.74, 6) is 0.589. The molecule has 2 atom stereocenters. The molecule has 2 heterocycles. The van der Waals surface area contributed by atoms with Crippen molar-refractivity contribution in [3.63, 3.8) is 0 Å². The van der Waals surface area contributed by atoms with Gasteiger partial charge in [0.25, 0.3) is 5.22 Å². The summed E-state index contributed by atoms with van der Waals surface area (Å²) in [6.07, 6.45) is 1.32. The molecule has 1 amide bonds. The van der Waals surface area contributed by atoms with Crippen molar-refractivity contribution in [1.82, 2.24) is 20.4 Å². The number of aromatic nitrogens is 2. The lowest BCUT2D eigenvalue weighted by Crippen LogP contribution is -2.36. The minimum absolute atomic E-state index is 0.0229. The van der Waals surface area contributed by atoms with Crippen LogP contribution < -0.4 is 5.32 Å². The number of hydrogen-bond acceptors (Lipinski definition) is 8. The van der Waals surface area contributed by atoms with Gasteiger partial charge in [-0.25, -0.2) is 8.42 Å². The highest BCUT2D eigenvalue weighted by atomic mass is 32.2. The number of rotatable bonds is 7. The number of carbonyl (C=O) groups excluding carboxylic acids is 1. The summed E-state index contributed by atoms with van der Waals surface area (Å²) >= 11 is 1.15.